The summed E-state index contributed by atoms with van der Waals surface area (Å²) in [6.45, 7) is 2.13. The molecule has 0 amide bonds. The number of halogens is 2. The van der Waals surface area contributed by atoms with Crippen molar-refractivity contribution in [1.29, 1.82) is 0 Å². The van der Waals surface area contributed by atoms with Gasteiger partial charge in [-0.15, -0.1) is 0 Å². The Hall–Kier alpha value is -1.39. The molecule has 0 atom stereocenters. The molecule has 0 saturated carbocycles. The van der Waals surface area contributed by atoms with E-state index in [0.29, 0.717) is 11.7 Å². The molecule has 0 saturated heterocycles. The molecule has 1 aromatic rings. The zero-order valence-electron chi connectivity index (χ0n) is 8.71. The van der Waals surface area contributed by atoms with E-state index in [-0.39, 0.29) is 5.75 Å². The molecule has 84 valence electrons. The van der Waals surface area contributed by atoms with E-state index < -0.39 is 6.61 Å². The van der Waals surface area contributed by atoms with Crippen LogP contribution in [-0.4, -0.2) is 18.1 Å². The van der Waals surface area contributed by atoms with Crippen LogP contribution in [0.15, 0.2) is 18.3 Å². The van der Waals surface area contributed by atoms with Crippen molar-refractivity contribution >= 4 is 5.82 Å². The minimum absolute atomic E-state index is 0.0695. The number of hydrogen-bond donors (Lipinski definition) is 1. The van der Waals surface area contributed by atoms with E-state index in [2.05, 4.69) is 28.9 Å². The van der Waals surface area contributed by atoms with Crippen LogP contribution in [0.1, 0.15) is 13.8 Å². The highest BCUT2D eigenvalue weighted by molar-refractivity contribution is 5.37. The highest BCUT2D eigenvalue weighted by Gasteiger charge is 2.04. The Morgan fingerprint density at radius 2 is 2.13 bits per heavy atom. The Labute approximate surface area is 87.5 Å². The van der Waals surface area contributed by atoms with Crippen molar-refractivity contribution in [3.05, 3.63) is 18.3 Å². The van der Waals surface area contributed by atoms with Crippen LogP contribution in [0.5, 0.6) is 5.75 Å². The molecular weight excluding hydrogens is 202 g/mol. The van der Waals surface area contributed by atoms with Crippen LogP contribution in [0.4, 0.5) is 14.6 Å². The van der Waals surface area contributed by atoms with Crippen LogP contribution >= 0.6 is 0 Å². The van der Waals surface area contributed by atoms with Gasteiger partial charge in [0.05, 0.1) is 6.20 Å². The van der Waals surface area contributed by atoms with E-state index in [1.165, 1.54) is 12.3 Å². The summed E-state index contributed by atoms with van der Waals surface area (Å²) in [6.07, 6.45) is 1.27. The van der Waals surface area contributed by atoms with Gasteiger partial charge >= 0.3 is 6.61 Å². The van der Waals surface area contributed by atoms with Gasteiger partial charge in [-0.3, -0.25) is 0 Å². The predicted molar refractivity (Wildman–Crippen MR) is 54.2 cm³/mol. The van der Waals surface area contributed by atoms with Crippen molar-refractivity contribution in [1.82, 2.24) is 4.98 Å². The van der Waals surface area contributed by atoms with Gasteiger partial charge in [0, 0.05) is 6.54 Å². The first-order chi connectivity index (χ1) is 7.08. The molecule has 1 N–H and O–H groups in total. The molecule has 0 aliphatic heterocycles. The number of nitrogens with one attached hydrogen (secondary N) is 1. The molecule has 0 bridgehead atoms. The average molecular weight is 216 g/mol. The molecule has 0 spiro atoms. The lowest BCUT2D eigenvalue weighted by Crippen LogP contribution is -2.09. The summed E-state index contributed by atoms with van der Waals surface area (Å²) >= 11 is 0. The number of aromatic nitrogens is 1. The third kappa shape index (κ3) is 4.58. The molecule has 0 aromatic carbocycles. The second-order valence-electron chi connectivity index (χ2n) is 3.53. The van der Waals surface area contributed by atoms with Gasteiger partial charge < -0.3 is 10.1 Å². The standard InChI is InChI=1S/C10H14F2N2O/c1-7(2)5-13-9-4-3-8(6-14-9)15-10(11)12/h3-4,6-7,10H,5H2,1-2H3,(H,13,14). The number of anilines is 1. The lowest BCUT2D eigenvalue weighted by molar-refractivity contribution is -0.0500. The number of ether oxygens (including phenoxy) is 1. The van der Waals surface area contributed by atoms with Crippen molar-refractivity contribution in [3.63, 3.8) is 0 Å². The first-order valence-electron chi connectivity index (χ1n) is 4.72. The number of pyridine rings is 1. The van der Waals surface area contributed by atoms with Crippen molar-refractivity contribution in [2.75, 3.05) is 11.9 Å². The summed E-state index contributed by atoms with van der Waals surface area (Å²) in [7, 11) is 0. The van der Waals surface area contributed by atoms with Gasteiger partial charge in [0.15, 0.2) is 0 Å². The maximum Gasteiger partial charge on any atom is 0.387 e. The number of hydrogen-bond acceptors (Lipinski definition) is 3. The van der Waals surface area contributed by atoms with Crippen LogP contribution in [0.2, 0.25) is 0 Å². The molecular formula is C10H14F2N2O. The Morgan fingerprint density at radius 3 is 2.60 bits per heavy atom. The van der Waals surface area contributed by atoms with E-state index in [4.69, 9.17) is 0 Å². The van der Waals surface area contributed by atoms with Crippen LogP contribution in [-0.2, 0) is 0 Å². The third-order valence-corrected chi connectivity index (χ3v) is 1.65. The monoisotopic (exact) mass is 216 g/mol. The second kappa shape index (κ2) is 5.48. The fourth-order valence-electron chi connectivity index (χ4n) is 0.966. The van der Waals surface area contributed by atoms with E-state index in [1.807, 2.05) is 0 Å². The summed E-state index contributed by atoms with van der Waals surface area (Å²) in [4.78, 5) is 3.93. The van der Waals surface area contributed by atoms with Gasteiger partial charge in [0.25, 0.3) is 0 Å². The van der Waals surface area contributed by atoms with Gasteiger partial charge in [0.1, 0.15) is 11.6 Å². The molecule has 1 aromatic heterocycles. The molecule has 0 fully saturated rings. The van der Waals surface area contributed by atoms with E-state index >= 15 is 0 Å². The molecule has 0 radical (unpaired) electrons. The molecule has 15 heavy (non-hydrogen) atoms. The fourth-order valence-corrected chi connectivity index (χ4v) is 0.966. The van der Waals surface area contributed by atoms with Crippen molar-refractivity contribution in [2.45, 2.75) is 20.5 Å². The molecule has 0 aliphatic carbocycles. The molecule has 1 rings (SSSR count). The van der Waals surface area contributed by atoms with Gasteiger partial charge in [-0.05, 0) is 18.1 Å². The highest BCUT2D eigenvalue weighted by atomic mass is 19.3. The third-order valence-electron chi connectivity index (χ3n) is 1.65. The second-order valence-corrected chi connectivity index (χ2v) is 3.53. The maximum atomic E-state index is 11.8. The van der Waals surface area contributed by atoms with Crippen LogP contribution in [0.3, 0.4) is 0 Å². The van der Waals surface area contributed by atoms with Crippen molar-refractivity contribution in [3.8, 4) is 5.75 Å². The first-order valence-corrected chi connectivity index (χ1v) is 4.72. The van der Waals surface area contributed by atoms with Crippen LogP contribution in [0.25, 0.3) is 0 Å². The zero-order chi connectivity index (χ0) is 11.3. The summed E-state index contributed by atoms with van der Waals surface area (Å²) < 4.78 is 27.8. The summed E-state index contributed by atoms with van der Waals surface area (Å²) in [6, 6.07) is 3.07. The van der Waals surface area contributed by atoms with E-state index in [0.717, 1.165) is 6.54 Å². The van der Waals surface area contributed by atoms with Gasteiger partial charge in [0.2, 0.25) is 0 Å². The Bertz CT molecular complexity index is 288. The summed E-state index contributed by atoms with van der Waals surface area (Å²) in [5, 5.41) is 3.07. The van der Waals surface area contributed by atoms with Crippen LogP contribution in [0, 0.1) is 5.92 Å². The number of nitrogens with zero attached hydrogens (tertiary/aromatic N) is 1. The Kier molecular flexibility index (Phi) is 4.27. The largest absolute Gasteiger partial charge is 0.433 e. The number of alkyl halides is 2. The summed E-state index contributed by atoms with van der Waals surface area (Å²) in [5.41, 5.74) is 0. The number of rotatable bonds is 5. The van der Waals surface area contributed by atoms with Crippen molar-refractivity contribution < 1.29 is 13.5 Å². The van der Waals surface area contributed by atoms with Crippen molar-refractivity contribution in [2.24, 2.45) is 5.92 Å². The smallest absolute Gasteiger partial charge is 0.387 e. The maximum absolute atomic E-state index is 11.8. The molecule has 0 aliphatic rings. The minimum Gasteiger partial charge on any atom is -0.433 e. The molecule has 5 heteroatoms. The topological polar surface area (TPSA) is 34.1 Å². The lowest BCUT2D eigenvalue weighted by atomic mass is 10.2. The summed E-state index contributed by atoms with van der Waals surface area (Å²) in [5.74, 6) is 1.23. The lowest BCUT2D eigenvalue weighted by Gasteiger charge is -2.08. The van der Waals surface area contributed by atoms with E-state index in [1.54, 1.807) is 6.07 Å². The van der Waals surface area contributed by atoms with Gasteiger partial charge in [-0.25, -0.2) is 4.98 Å². The quantitative estimate of drug-likeness (QED) is 0.821. The highest BCUT2D eigenvalue weighted by Crippen LogP contribution is 2.14. The normalized spacial score (nSPS) is 10.8. The first kappa shape index (κ1) is 11.7. The zero-order valence-corrected chi connectivity index (χ0v) is 8.71. The average Bonchev–Trinajstić information content (AvgIpc) is 2.16. The van der Waals surface area contributed by atoms with Gasteiger partial charge in [-0.1, -0.05) is 13.8 Å². The SMILES string of the molecule is CC(C)CNc1ccc(OC(F)F)cn1. The molecule has 1 heterocycles. The Balaban J connectivity index is 2.49. The van der Waals surface area contributed by atoms with E-state index in [9.17, 15) is 8.78 Å². The van der Waals surface area contributed by atoms with Gasteiger partial charge in [-0.2, -0.15) is 8.78 Å². The van der Waals surface area contributed by atoms with Crippen LogP contribution < -0.4 is 10.1 Å². The minimum atomic E-state index is -2.80. The Morgan fingerprint density at radius 1 is 1.40 bits per heavy atom. The predicted octanol–water partition coefficient (Wildman–Crippen LogP) is 2.75. The molecule has 0 unspecified atom stereocenters. The molecule has 3 nitrogen and oxygen atoms in total. The fraction of sp³-hybridized carbons (Fsp3) is 0.500.